The van der Waals surface area contributed by atoms with E-state index in [9.17, 15) is 4.79 Å². The van der Waals surface area contributed by atoms with Crippen LogP contribution < -0.4 is 0 Å². The highest BCUT2D eigenvalue weighted by Crippen LogP contribution is 2.44. The molecule has 6 nitrogen and oxygen atoms in total. The van der Waals surface area contributed by atoms with E-state index in [-0.39, 0.29) is 18.8 Å². The first-order valence-corrected chi connectivity index (χ1v) is 8.02. The van der Waals surface area contributed by atoms with Gasteiger partial charge in [-0.25, -0.2) is 4.79 Å². The fourth-order valence-corrected chi connectivity index (χ4v) is 3.18. The number of nitrogens with zero attached hydrogens (tertiary/aromatic N) is 1. The lowest BCUT2D eigenvalue weighted by molar-refractivity contribution is -0.0586. The lowest BCUT2D eigenvalue weighted by Gasteiger charge is -2.38. The standard InChI is InChI=1S/C17H25NO5/c1-16(2,3)23-15(19)18(4)9-12-7-13-5-6-20-10-17(13)14(8-12)21-11-22-17/h7-8,12H,5-6,9-11H2,1-4H3. The quantitative estimate of drug-likeness (QED) is 0.731. The van der Waals surface area contributed by atoms with E-state index in [2.05, 4.69) is 6.08 Å². The third-order valence-electron chi connectivity index (χ3n) is 4.23. The van der Waals surface area contributed by atoms with Crippen LogP contribution in [0, 0.1) is 5.92 Å². The molecule has 0 radical (unpaired) electrons. The summed E-state index contributed by atoms with van der Waals surface area (Å²) in [6.45, 7) is 7.58. The fraction of sp³-hybridized carbons (Fsp3) is 0.706. The van der Waals surface area contributed by atoms with Gasteiger partial charge in [-0.05, 0) is 38.8 Å². The van der Waals surface area contributed by atoms with Crippen molar-refractivity contribution in [3.8, 4) is 0 Å². The average molecular weight is 323 g/mol. The van der Waals surface area contributed by atoms with Crippen molar-refractivity contribution in [2.45, 2.75) is 38.4 Å². The van der Waals surface area contributed by atoms with E-state index in [0.717, 1.165) is 12.2 Å². The van der Waals surface area contributed by atoms with Crippen LogP contribution in [0.1, 0.15) is 27.2 Å². The zero-order chi connectivity index (χ0) is 16.7. The van der Waals surface area contributed by atoms with Crippen molar-refractivity contribution in [3.63, 3.8) is 0 Å². The minimum Gasteiger partial charge on any atom is -0.469 e. The molecule has 0 N–H and O–H groups in total. The van der Waals surface area contributed by atoms with Crippen LogP contribution in [0.3, 0.4) is 0 Å². The van der Waals surface area contributed by atoms with E-state index in [4.69, 9.17) is 18.9 Å². The summed E-state index contributed by atoms with van der Waals surface area (Å²) in [5, 5.41) is 0. The number of carbonyl (C=O) groups is 1. The van der Waals surface area contributed by atoms with Gasteiger partial charge in [0.05, 0.1) is 13.2 Å². The van der Waals surface area contributed by atoms with E-state index in [1.807, 2.05) is 26.8 Å². The number of carbonyl (C=O) groups excluding carboxylic acids is 1. The molecule has 2 aliphatic heterocycles. The summed E-state index contributed by atoms with van der Waals surface area (Å²) >= 11 is 0. The van der Waals surface area contributed by atoms with E-state index in [1.54, 1.807) is 11.9 Å². The summed E-state index contributed by atoms with van der Waals surface area (Å²) in [6.07, 6.45) is 4.72. The molecule has 2 saturated heterocycles. The fourth-order valence-electron chi connectivity index (χ4n) is 3.18. The molecule has 128 valence electrons. The summed E-state index contributed by atoms with van der Waals surface area (Å²) < 4.78 is 22.5. The summed E-state index contributed by atoms with van der Waals surface area (Å²) in [5.41, 5.74) is 0.174. The lowest BCUT2D eigenvalue weighted by Crippen LogP contribution is -2.45. The van der Waals surface area contributed by atoms with E-state index >= 15 is 0 Å². The van der Waals surface area contributed by atoms with E-state index in [1.165, 1.54) is 5.57 Å². The third kappa shape index (κ3) is 3.23. The van der Waals surface area contributed by atoms with Crippen LogP contribution in [0.25, 0.3) is 0 Å². The highest BCUT2D eigenvalue weighted by Gasteiger charge is 2.49. The maximum Gasteiger partial charge on any atom is 0.410 e. The Hall–Kier alpha value is -1.53. The summed E-state index contributed by atoms with van der Waals surface area (Å²) in [5.74, 6) is 0.905. The number of amides is 1. The highest BCUT2D eigenvalue weighted by molar-refractivity contribution is 5.67. The van der Waals surface area contributed by atoms with Gasteiger partial charge >= 0.3 is 6.09 Å². The largest absolute Gasteiger partial charge is 0.469 e. The summed E-state index contributed by atoms with van der Waals surface area (Å²) in [7, 11) is 1.75. The van der Waals surface area contributed by atoms with Crippen molar-refractivity contribution >= 4 is 6.09 Å². The van der Waals surface area contributed by atoms with Crippen molar-refractivity contribution in [1.82, 2.24) is 4.90 Å². The SMILES string of the molecule is CN(CC1C=C2CCOCC23OCOC3=C1)C(=O)OC(C)(C)C. The maximum absolute atomic E-state index is 12.1. The molecule has 0 saturated carbocycles. The molecule has 1 spiro atoms. The molecule has 3 aliphatic rings. The van der Waals surface area contributed by atoms with Crippen LogP contribution in [0.2, 0.25) is 0 Å². The first-order chi connectivity index (χ1) is 10.8. The van der Waals surface area contributed by atoms with Crippen molar-refractivity contribution in [3.05, 3.63) is 23.5 Å². The van der Waals surface area contributed by atoms with Crippen LogP contribution in [-0.2, 0) is 18.9 Å². The van der Waals surface area contributed by atoms with Gasteiger partial charge in [-0.2, -0.15) is 0 Å². The molecule has 1 aliphatic carbocycles. The van der Waals surface area contributed by atoms with Crippen LogP contribution in [0.15, 0.2) is 23.5 Å². The number of ether oxygens (including phenoxy) is 4. The Labute approximate surface area is 137 Å². The zero-order valence-corrected chi connectivity index (χ0v) is 14.3. The van der Waals surface area contributed by atoms with E-state index < -0.39 is 11.2 Å². The van der Waals surface area contributed by atoms with Crippen molar-refractivity contribution in [1.29, 1.82) is 0 Å². The summed E-state index contributed by atoms with van der Waals surface area (Å²) in [6, 6.07) is 0. The minimum absolute atomic E-state index is 0.0884. The molecule has 1 amide bonds. The molecule has 0 aromatic heterocycles. The van der Waals surface area contributed by atoms with Gasteiger partial charge in [0, 0.05) is 19.5 Å². The normalized spacial score (nSPS) is 29.7. The van der Waals surface area contributed by atoms with Crippen molar-refractivity contribution in [2.75, 3.05) is 33.6 Å². The van der Waals surface area contributed by atoms with Gasteiger partial charge < -0.3 is 23.8 Å². The van der Waals surface area contributed by atoms with Gasteiger partial charge in [0.2, 0.25) is 0 Å². The van der Waals surface area contributed by atoms with Gasteiger partial charge in [0.1, 0.15) is 11.4 Å². The van der Waals surface area contributed by atoms with Crippen molar-refractivity contribution in [2.24, 2.45) is 5.92 Å². The van der Waals surface area contributed by atoms with Crippen molar-refractivity contribution < 1.29 is 23.7 Å². The van der Waals surface area contributed by atoms with Gasteiger partial charge in [-0.3, -0.25) is 0 Å². The first-order valence-electron chi connectivity index (χ1n) is 8.02. The molecule has 2 heterocycles. The van der Waals surface area contributed by atoms with Crippen LogP contribution in [0.5, 0.6) is 0 Å². The Bertz CT molecular complexity index is 548. The predicted octanol–water partition coefficient (Wildman–Crippen LogP) is 2.46. The molecule has 2 atom stereocenters. The van der Waals surface area contributed by atoms with Gasteiger partial charge in [-0.1, -0.05) is 6.08 Å². The van der Waals surface area contributed by atoms with Gasteiger partial charge in [0.15, 0.2) is 12.4 Å². The topological polar surface area (TPSA) is 57.2 Å². The Morgan fingerprint density at radius 3 is 2.96 bits per heavy atom. The molecule has 2 fully saturated rings. The Kier molecular flexibility index (Phi) is 4.14. The molecule has 23 heavy (non-hydrogen) atoms. The smallest absolute Gasteiger partial charge is 0.410 e. The molecule has 0 aromatic rings. The number of rotatable bonds is 2. The first kappa shape index (κ1) is 16.3. The third-order valence-corrected chi connectivity index (χ3v) is 4.23. The summed E-state index contributed by atoms with van der Waals surface area (Å²) in [4.78, 5) is 13.7. The zero-order valence-electron chi connectivity index (χ0n) is 14.3. The monoisotopic (exact) mass is 323 g/mol. The lowest BCUT2D eigenvalue weighted by atomic mass is 9.80. The molecular weight excluding hydrogens is 298 g/mol. The molecule has 0 aromatic carbocycles. The molecular formula is C17H25NO5. The number of hydrogen-bond donors (Lipinski definition) is 0. The molecule has 2 unspecified atom stereocenters. The van der Waals surface area contributed by atoms with Gasteiger partial charge in [0.25, 0.3) is 0 Å². The molecule has 0 bridgehead atoms. The Morgan fingerprint density at radius 2 is 2.22 bits per heavy atom. The molecule has 3 rings (SSSR count). The second-order valence-electron chi connectivity index (χ2n) is 7.28. The Balaban J connectivity index is 1.71. The maximum atomic E-state index is 12.1. The second kappa shape index (κ2) is 5.83. The van der Waals surface area contributed by atoms with E-state index in [0.29, 0.717) is 19.8 Å². The second-order valence-corrected chi connectivity index (χ2v) is 7.28. The Morgan fingerprint density at radius 1 is 1.43 bits per heavy atom. The number of hydrogen-bond acceptors (Lipinski definition) is 5. The highest BCUT2D eigenvalue weighted by atomic mass is 16.7. The van der Waals surface area contributed by atoms with Crippen LogP contribution >= 0.6 is 0 Å². The van der Waals surface area contributed by atoms with Crippen LogP contribution in [0.4, 0.5) is 4.79 Å². The molecule has 6 heteroatoms. The predicted molar refractivity (Wildman–Crippen MR) is 83.7 cm³/mol. The van der Waals surface area contributed by atoms with Crippen LogP contribution in [-0.4, -0.2) is 55.8 Å². The minimum atomic E-state index is -0.529. The average Bonchev–Trinajstić information content (AvgIpc) is 2.85. The van der Waals surface area contributed by atoms with Gasteiger partial charge in [-0.15, -0.1) is 0 Å².